The average molecular weight is 447 g/mol. The quantitative estimate of drug-likeness (QED) is 0.424. The molecule has 1 saturated carbocycles. The Morgan fingerprint density at radius 2 is 1.88 bits per heavy atom. The van der Waals surface area contributed by atoms with Crippen molar-refractivity contribution in [3.8, 4) is 0 Å². The van der Waals surface area contributed by atoms with Crippen LogP contribution < -0.4 is 4.90 Å². The number of rotatable bonds is 3. The molecule has 1 aromatic carbocycles. The molecule has 6 nitrogen and oxygen atoms in total. The second-order valence-electron chi connectivity index (χ2n) is 8.21. The number of fused-ring (bicyclic) bond motifs is 2. The topological polar surface area (TPSA) is 70.6 Å². The zero-order valence-electron chi connectivity index (χ0n) is 18.7. The highest BCUT2D eigenvalue weighted by molar-refractivity contribution is 6.31. The van der Waals surface area contributed by atoms with Crippen LogP contribution in [0.4, 0.5) is 11.5 Å². The predicted molar refractivity (Wildman–Crippen MR) is 129 cm³/mol. The van der Waals surface area contributed by atoms with Gasteiger partial charge in [0.05, 0.1) is 33.5 Å². The molecule has 1 aliphatic heterocycles. The van der Waals surface area contributed by atoms with Gasteiger partial charge in [-0.1, -0.05) is 25.4 Å². The number of aryl methyl sites for hydroxylation is 2. The van der Waals surface area contributed by atoms with Gasteiger partial charge in [0.2, 0.25) is 0 Å². The number of nitrogens with zero attached hydrogens (tertiary/aromatic N) is 5. The van der Waals surface area contributed by atoms with E-state index in [0.29, 0.717) is 0 Å². The first-order valence-electron chi connectivity index (χ1n) is 11.4. The van der Waals surface area contributed by atoms with Gasteiger partial charge in [0.15, 0.2) is 0 Å². The summed E-state index contributed by atoms with van der Waals surface area (Å²) in [6.45, 7) is 6.87. The van der Waals surface area contributed by atoms with Crippen molar-refractivity contribution in [3.05, 3.63) is 70.7 Å². The second-order valence-corrected chi connectivity index (χ2v) is 8.64. The molecule has 0 spiro atoms. The number of hydrogen-bond donors (Lipinski definition) is 1. The maximum Gasteiger partial charge on any atom is 0.136 e. The maximum absolute atomic E-state index is 6.15. The average Bonchev–Trinajstić information content (AvgIpc) is 3.53. The summed E-state index contributed by atoms with van der Waals surface area (Å²) < 4.78 is 0. The van der Waals surface area contributed by atoms with Crippen LogP contribution in [-0.2, 0) is 11.8 Å². The number of aromatic nitrogens is 5. The summed E-state index contributed by atoms with van der Waals surface area (Å²) in [7, 11) is 0. The minimum Gasteiger partial charge on any atom is -0.341 e. The van der Waals surface area contributed by atoms with Gasteiger partial charge in [-0.3, -0.25) is 4.98 Å². The molecule has 1 fully saturated rings. The zero-order valence-corrected chi connectivity index (χ0v) is 19.4. The fourth-order valence-corrected chi connectivity index (χ4v) is 4.67. The van der Waals surface area contributed by atoms with Crippen LogP contribution in [0.1, 0.15) is 56.1 Å². The van der Waals surface area contributed by atoms with Crippen molar-refractivity contribution in [1.82, 2.24) is 24.9 Å². The molecule has 0 bridgehead atoms. The van der Waals surface area contributed by atoms with Crippen LogP contribution in [0.3, 0.4) is 0 Å². The lowest BCUT2D eigenvalue weighted by Crippen LogP contribution is -2.27. The van der Waals surface area contributed by atoms with E-state index in [2.05, 4.69) is 32.0 Å². The lowest BCUT2D eigenvalue weighted by Gasteiger charge is -2.30. The summed E-state index contributed by atoms with van der Waals surface area (Å²) in [6, 6.07) is 12.1. The Bertz CT molecular complexity index is 1280. The van der Waals surface area contributed by atoms with E-state index in [0.717, 1.165) is 82.8 Å². The molecule has 0 radical (unpaired) electrons. The highest BCUT2D eigenvalue weighted by Gasteiger charge is 2.50. The van der Waals surface area contributed by atoms with E-state index in [1.807, 2.05) is 51.2 Å². The Morgan fingerprint density at radius 1 is 1.03 bits per heavy atom. The van der Waals surface area contributed by atoms with Crippen molar-refractivity contribution in [2.24, 2.45) is 0 Å². The molecule has 0 unspecified atom stereocenters. The number of H-pyrrole nitrogens is 1. The van der Waals surface area contributed by atoms with E-state index in [1.165, 1.54) is 0 Å². The van der Waals surface area contributed by atoms with E-state index in [1.54, 1.807) is 0 Å². The van der Waals surface area contributed by atoms with Crippen molar-refractivity contribution in [1.29, 1.82) is 0 Å². The van der Waals surface area contributed by atoms with Gasteiger partial charge in [0, 0.05) is 17.8 Å². The number of imidazole rings is 1. The summed E-state index contributed by atoms with van der Waals surface area (Å²) in [5.74, 6) is 2.71. The molecule has 0 saturated heterocycles. The van der Waals surface area contributed by atoms with E-state index < -0.39 is 0 Å². The number of aromatic amines is 1. The molecule has 164 valence electrons. The Hall–Kier alpha value is -2.99. The Kier molecular flexibility index (Phi) is 5.33. The third kappa shape index (κ3) is 3.52. The molecule has 6 rings (SSSR count). The lowest BCUT2D eigenvalue weighted by molar-refractivity contribution is 0.699. The Balaban J connectivity index is 0.00000105. The molecule has 0 atom stereocenters. The highest BCUT2D eigenvalue weighted by Crippen LogP contribution is 2.52. The molecule has 4 aromatic rings. The second kappa shape index (κ2) is 8.17. The molecule has 1 N–H and O–H groups in total. The lowest BCUT2D eigenvalue weighted by atomic mass is 9.98. The molecule has 32 heavy (non-hydrogen) atoms. The van der Waals surface area contributed by atoms with Crippen LogP contribution >= 0.6 is 11.6 Å². The molecule has 3 aromatic heterocycles. The van der Waals surface area contributed by atoms with Gasteiger partial charge in [0.25, 0.3) is 0 Å². The molecule has 2 aliphatic rings. The third-order valence-electron chi connectivity index (χ3n) is 6.21. The smallest absolute Gasteiger partial charge is 0.136 e. The van der Waals surface area contributed by atoms with Crippen molar-refractivity contribution in [2.45, 2.75) is 51.9 Å². The summed E-state index contributed by atoms with van der Waals surface area (Å²) in [4.78, 5) is 24.6. The normalized spacial score (nSPS) is 16.3. The number of nitrogens with one attached hydrogen (secondary N) is 1. The van der Waals surface area contributed by atoms with Crippen LogP contribution in [0.25, 0.3) is 11.0 Å². The van der Waals surface area contributed by atoms with E-state index >= 15 is 0 Å². The fraction of sp³-hybridized carbons (Fsp3) is 0.360. The minimum absolute atomic E-state index is 0.117. The number of pyridine rings is 1. The Labute approximate surface area is 193 Å². The van der Waals surface area contributed by atoms with Gasteiger partial charge in [-0.25, -0.2) is 15.0 Å². The zero-order chi connectivity index (χ0) is 22.3. The fourth-order valence-electron chi connectivity index (χ4n) is 4.50. The van der Waals surface area contributed by atoms with Crippen LogP contribution in [0, 0.1) is 6.92 Å². The van der Waals surface area contributed by atoms with Gasteiger partial charge < -0.3 is 9.88 Å². The summed E-state index contributed by atoms with van der Waals surface area (Å²) in [5.41, 5.74) is 5.20. The van der Waals surface area contributed by atoms with Crippen LogP contribution in [0.2, 0.25) is 5.02 Å². The van der Waals surface area contributed by atoms with Gasteiger partial charge in [-0.2, -0.15) is 0 Å². The van der Waals surface area contributed by atoms with Gasteiger partial charge in [0.1, 0.15) is 17.5 Å². The number of hydrogen-bond acceptors (Lipinski definition) is 5. The minimum atomic E-state index is -0.117. The number of benzene rings is 1. The van der Waals surface area contributed by atoms with Gasteiger partial charge >= 0.3 is 0 Å². The summed E-state index contributed by atoms with van der Waals surface area (Å²) in [5, 5.41) is 0.717. The summed E-state index contributed by atoms with van der Waals surface area (Å²) in [6.07, 6.45) is 5.97. The standard InChI is InChI=1S/C23H21ClN6.C2H6/c1-14-25-11-8-21(26-14)30-12-2-3-17-19(30)6-7-20(27-17)23(9-10-23)22-28-16-5-4-15(24)13-18(16)29-22;1-2/h4-8,11,13H,2-3,9-10,12H2,1H3,(H,28,29);1-2H3. The van der Waals surface area contributed by atoms with Crippen LogP contribution in [0.5, 0.6) is 0 Å². The first kappa shape index (κ1) is 20.9. The largest absolute Gasteiger partial charge is 0.341 e. The molecule has 4 heterocycles. The van der Waals surface area contributed by atoms with Crippen molar-refractivity contribution in [3.63, 3.8) is 0 Å². The monoisotopic (exact) mass is 446 g/mol. The molecule has 7 heteroatoms. The van der Waals surface area contributed by atoms with E-state index in [9.17, 15) is 0 Å². The van der Waals surface area contributed by atoms with Crippen molar-refractivity contribution < 1.29 is 0 Å². The first-order valence-corrected chi connectivity index (χ1v) is 11.7. The molecular weight excluding hydrogens is 420 g/mol. The molecular formula is C25H27ClN6. The van der Waals surface area contributed by atoms with Gasteiger partial charge in [-0.15, -0.1) is 0 Å². The molecule has 0 amide bonds. The SMILES string of the molecule is CC.Cc1nccc(N2CCCc3nc(C4(c5nc6ccc(Cl)cc6[nH]5)CC4)ccc32)n1. The predicted octanol–water partition coefficient (Wildman–Crippen LogP) is 5.90. The Morgan fingerprint density at radius 3 is 2.66 bits per heavy atom. The van der Waals surface area contributed by atoms with Crippen LogP contribution in [0.15, 0.2) is 42.6 Å². The van der Waals surface area contributed by atoms with Crippen molar-refractivity contribution in [2.75, 3.05) is 11.4 Å². The number of halogens is 1. The van der Waals surface area contributed by atoms with E-state index in [-0.39, 0.29) is 5.41 Å². The number of anilines is 2. The maximum atomic E-state index is 6.15. The highest BCUT2D eigenvalue weighted by atomic mass is 35.5. The molecule has 1 aliphatic carbocycles. The third-order valence-corrected chi connectivity index (χ3v) is 6.45. The van der Waals surface area contributed by atoms with Crippen molar-refractivity contribution >= 4 is 34.1 Å². The summed E-state index contributed by atoms with van der Waals surface area (Å²) >= 11 is 6.15. The van der Waals surface area contributed by atoms with E-state index in [4.69, 9.17) is 21.6 Å². The van der Waals surface area contributed by atoms with Crippen LogP contribution in [-0.4, -0.2) is 31.5 Å². The van der Waals surface area contributed by atoms with Gasteiger partial charge in [-0.05, 0) is 69.0 Å². The first-order chi connectivity index (χ1) is 15.6.